The first-order valence-corrected chi connectivity index (χ1v) is 3.83. The van der Waals surface area contributed by atoms with Crippen molar-refractivity contribution in [2.24, 2.45) is 7.05 Å². The Labute approximate surface area is 72.0 Å². The SMILES string of the molecule is CNC(C)(C)c1nc(N)n(C)n1. The van der Waals surface area contributed by atoms with Gasteiger partial charge in [-0.3, -0.25) is 0 Å². The molecule has 0 aromatic carbocycles. The Balaban J connectivity index is 3.04. The van der Waals surface area contributed by atoms with E-state index >= 15 is 0 Å². The highest BCUT2D eigenvalue weighted by atomic mass is 15.4. The Morgan fingerprint density at radius 1 is 1.50 bits per heavy atom. The van der Waals surface area contributed by atoms with Crippen molar-refractivity contribution in [2.75, 3.05) is 12.8 Å². The number of hydrogen-bond acceptors (Lipinski definition) is 4. The molecular weight excluding hydrogens is 154 g/mol. The van der Waals surface area contributed by atoms with Gasteiger partial charge in [0.15, 0.2) is 5.82 Å². The summed E-state index contributed by atoms with van der Waals surface area (Å²) >= 11 is 0. The molecule has 0 saturated carbocycles. The zero-order valence-corrected chi connectivity index (χ0v) is 7.92. The highest BCUT2D eigenvalue weighted by Crippen LogP contribution is 2.15. The molecule has 0 aliphatic rings. The van der Waals surface area contributed by atoms with Gasteiger partial charge in [0.1, 0.15) is 0 Å². The van der Waals surface area contributed by atoms with Crippen molar-refractivity contribution in [3.63, 3.8) is 0 Å². The molecule has 0 atom stereocenters. The lowest BCUT2D eigenvalue weighted by molar-refractivity contribution is 0.415. The van der Waals surface area contributed by atoms with Crippen molar-refractivity contribution in [3.8, 4) is 0 Å². The number of aromatic nitrogens is 3. The molecule has 0 spiro atoms. The zero-order chi connectivity index (χ0) is 9.35. The van der Waals surface area contributed by atoms with Gasteiger partial charge in [-0.05, 0) is 20.9 Å². The molecule has 12 heavy (non-hydrogen) atoms. The van der Waals surface area contributed by atoms with Crippen LogP contribution in [0.25, 0.3) is 0 Å². The molecule has 0 bridgehead atoms. The summed E-state index contributed by atoms with van der Waals surface area (Å²) in [7, 11) is 3.64. The van der Waals surface area contributed by atoms with E-state index in [1.165, 1.54) is 0 Å². The summed E-state index contributed by atoms with van der Waals surface area (Å²) in [6.45, 7) is 4.00. The summed E-state index contributed by atoms with van der Waals surface area (Å²) in [5.74, 6) is 1.15. The zero-order valence-electron chi connectivity index (χ0n) is 7.92. The first-order chi connectivity index (χ1) is 5.47. The molecule has 0 saturated heterocycles. The third-order valence-electron chi connectivity index (χ3n) is 1.98. The van der Waals surface area contributed by atoms with Gasteiger partial charge in [-0.2, -0.15) is 10.1 Å². The topological polar surface area (TPSA) is 68.8 Å². The molecule has 0 unspecified atom stereocenters. The van der Waals surface area contributed by atoms with Gasteiger partial charge in [0.05, 0.1) is 5.54 Å². The molecule has 68 valence electrons. The van der Waals surface area contributed by atoms with Crippen LogP contribution in [-0.2, 0) is 12.6 Å². The van der Waals surface area contributed by atoms with E-state index in [4.69, 9.17) is 5.73 Å². The number of nitrogens with zero attached hydrogens (tertiary/aromatic N) is 3. The van der Waals surface area contributed by atoms with Crippen molar-refractivity contribution in [2.45, 2.75) is 19.4 Å². The lowest BCUT2D eigenvalue weighted by Crippen LogP contribution is -2.34. The van der Waals surface area contributed by atoms with Gasteiger partial charge in [-0.15, -0.1) is 0 Å². The third-order valence-corrected chi connectivity index (χ3v) is 1.98. The van der Waals surface area contributed by atoms with Crippen LogP contribution in [0, 0.1) is 0 Å². The van der Waals surface area contributed by atoms with Gasteiger partial charge in [0.25, 0.3) is 0 Å². The first kappa shape index (κ1) is 8.99. The third kappa shape index (κ3) is 1.40. The fourth-order valence-electron chi connectivity index (χ4n) is 0.773. The van der Waals surface area contributed by atoms with Crippen molar-refractivity contribution < 1.29 is 0 Å². The predicted molar refractivity (Wildman–Crippen MR) is 47.5 cm³/mol. The summed E-state index contributed by atoms with van der Waals surface area (Å²) in [6, 6.07) is 0. The monoisotopic (exact) mass is 169 g/mol. The van der Waals surface area contributed by atoms with Crippen LogP contribution in [-0.4, -0.2) is 21.8 Å². The molecule has 0 radical (unpaired) electrons. The highest BCUT2D eigenvalue weighted by molar-refractivity contribution is 5.18. The van der Waals surface area contributed by atoms with Gasteiger partial charge in [-0.25, -0.2) is 4.68 Å². The molecule has 5 heteroatoms. The maximum Gasteiger partial charge on any atom is 0.218 e. The molecule has 0 aliphatic heterocycles. The fourth-order valence-corrected chi connectivity index (χ4v) is 0.773. The van der Waals surface area contributed by atoms with Gasteiger partial charge >= 0.3 is 0 Å². The van der Waals surface area contributed by atoms with Crippen molar-refractivity contribution >= 4 is 5.95 Å². The van der Waals surface area contributed by atoms with E-state index in [1.54, 1.807) is 11.7 Å². The van der Waals surface area contributed by atoms with Crippen LogP contribution in [0.4, 0.5) is 5.95 Å². The van der Waals surface area contributed by atoms with E-state index in [1.807, 2.05) is 20.9 Å². The van der Waals surface area contributed by atoms with Crippen LogP contribution in [0.1, 0.15) is 19.7 Å². The average molecular weight is 169 g/mol. The lowest BCUT2D eigenvalue weighted by Gasteiger charge is -2.19. The Morgan fingerprint density at radius 3 is 2.42 bits per heavy atom. The minimum atomic E-state index is -0.227. The van der Waals surface area contributed by atoms with Gasteiger partial charge in [0, 0.05) is 7.05 Å². The summed E-state index contributed by atoms with van der Waals surface area (Å²) in [5.41, 5.74) is 5.33. The van der Waals surface area contributed by atoms with E-state index in [2.05, 4.69) is 15.4 Å². The van der Waals surface area contributed by atoms with Crippen LogP contribution in [0.2, 0.25) is 0 Å². The maximum absolute atomic E-state index is 5.55. The fraction of sp³-hybridized carbons (Fsp3) is 0.714. The molecule has 0 amide bonds. The Hall–Kier alpha value is -1.10. The summed E-state index contributed by atoms with van der Waals surface area (Å²) < 4.78 is 1.56. The standard InChI is InChI=1S/C7H15N5/c1-7(2,9-3)5-10-6(8)12(4)11-5/h9H,1-4H3,(H2,8,10,11). The van der Waals surface area contributed by atoms with Gasteiger partial charge < -0.3 is 11.1 Å². The van der Waals surface area contributed by atoms with E-state index < -0.39 is 0 Å². The lowest BCUT2D eigenvalue weighted by atomic mass is 10.1. The van der Waals surface area contributed by atoms with E-state index in [9.17, 15) is 0 Å². The molecule has 0 fully saturated rings. The molecule has 1 rings (SSSR count). The Bertz CT molecular complexity index is 256. The van der Waals surface area contributed by atoms with E-state index in [-0.39, 0.29) is 5.54 Å². The highest BCUT2D eigenvalue weighted by Gasteiger charge is 2.23. The predicted octanol–water partition coefficient (Wildman–Crippen LogP) is -0.148. The quantitative estimate of drug-likeness (QED) is 0.646. The van der Waals surface area contributed by atoms with E-state index in [0.29, 0.717) is 11.8 Å². The number of nitrogens with two attached hydrogens (primary N) is 1. The van der Waals surface area contributed by atoms with Gasteiger partial charge in [0.2, 0.25) is 5.95 Å². The van der Waals surface area contributed by atoms with Crippen LogP contribution in [0.5, 0.6) is 0 Å². The summed E-state index contributed by atoms with van der Waals surface area (Å²) in [6.07, 6.45) is 0. The van der Waals surface area contributed by atoms with Crippen LogP contribution in [0.3, 0.4) is 0 Å². The minimum Gasteiger partial charge on any atom is -0.368 e. The largest absolute Gasteiger partial charge is 0.368 e. The number of hydrogen-bond donors (Lipinski definition) is 2. The number of nitrogen functional groups attached to an aromatic ring is 1. The second kappa shape index (κ2) is 2.75. The molecular formula is C7H15N5. The molecule has 1 aromatic rings. The van der Waals surface area contributed by atoms with Crippen molar-refractivity contribution in [1.82, 2.24) is 20.1 Å². The van der Waals surface area contributed by atoms with E-state index in [0.717, 1.165) is 0 Å². The number of anilines is 1. The summed E-state index contributed by atoms with van der Waals surface area (Å²) in [5, 5.41) is 7.28. The molecule has 0 aliphatic carbocycles. The van der Waals surface area contributed by atoms with Gasteiger partial charge in [-0.1, -0.05) is 0 Å². The minimum absolute atomic E-state index is 0.227. The molecule has 5 nitrogen and oxygen atoms in total. The number of aryl methyl sites for hydroxylation is 1. The Kier molecular flexibility index (Phi) is 2.06. The number of nitrogens with one attached hydrogen (secondary N) is 1. The normalized spacial score (nSPS) is 12.0. The smallest absolute Gasteiger partial charge is 0.218 e. The molecule has 1 aromatic heterocycles. The van der Waals surface area contributed by atoms with Crippen LogP contribution < -0.4 is 11.1 Å². The second-order valence-corrected chi connectivity index (χ2v) is 3.29. The first-order valence-electron chi connectivity index (χ1n) is 3.83. The molecule has 3 N–H and O–H groups in total. The molecule has 1 heterocycles. The van der Waals surface area contributed by atoms with Crippen LogP contribution in [0.15, 0.2) is 0 Å². The summed E-state index contributed by atoms with van der Waals surface area (Å²) in [4.78, 5) is 4.12. The second-order valence-electron chi connectivity index (χ2n) is 3.29. The maximum atomic E-state index is 5.55. The average Bonchev–Trinajstić information content (AvgIpc) is 2.33. The van der Waals surface area contributed by atoms with Crippen molar-refractivity contribution in [1.29, 1.82) is 0 Å². The van der Waals surface area contributed by atoms with Crippen LogP contribution >= 0.6 is 0 Å². The number of rotatable bonds is 2. The Morgan fingerprint density at radius 2 is 2.08 bits per heavy atom. The van der Waals surface area contributed by atoms with Crippen molar-refractivity contribution in [3.05, 3.63) is 5.82 Å².